The van der Waals surface area contributed by atoms with Gasteiger partial charge in [-0.05, 0) is 49.4 Å². The van der Waals surface area contributed by atoms with E-state index in [1.165, 1.54) is 173 Å². The lowest BCUT2D eigenvalue weighted by atomic mass is 9.99. The molecule has 19 heteroatoms. The minimum absolute atomic E-state index is 0.106. The van der Waals surface area contributed by atoms with Gasteiger partial charge in [-0.2, -0.15) is 0 Å². The van der Waals surface area contributed by atoms with Crippen LogP contribution in [-0.4, -0.2) is 96.7 Å². The van der Waals surface area contributed by atoms with Crippen molar-refractivity contribution in [3.05, 3.63) is 0 Å². The molecule has 0 bridgehead atoms. The maximum Gasteiger partial charge on any atom is 0.472 e. The fourth-order valence-electron chi connectivity index (χ4n) is 11.3. The number of unbranched alkanes of at least 4 members (excludes halogenated alkanes) is 37. The van der Waals surface area contributed by atoms with E-state index in [0.717, 1.165) is 114 Å². The Morgan fingerprint density at radius 3 is 0.755 bits per heavy atom. The largest absolute Gasteiger partial charge is 0.472 e. The monoisotopic (exact) mass is 1380 g/mol. The second-order valence-electron chi connectivity index (χ2n) is 28.7. The maximum absolute atomic E-state index is 13.1. The Morgan fingerprint density at radius 1 is 0.298 bits per heavy atom. The van der Waals surface area contributed by atoms with Crippen LogP contribution in [0.4, 0.5) is 0 Å². The van der Waals surface area contributed by atoms with Gasteiger partial charge in [0.05, 0.1) is 26.4 Å². The Morgan fingerprint density at radius 2 is 0.511 bits per heavy atom. The molecule has 0 fully saturated rings. The summed E-state index contributed by atoms with van der Waals surface area (Å²) in [6, 6.07) is 0. The van der Waals surface area contributed by atoms with Crippen molar-refractivity contribution in [2.75, 3.05) is 39.6 Å². The third-order valence-corrected chi connectivity index (χ3v) is 19.6. The minimum atomic E-state index is -4.96. The van der Waals surface area contributed by atoms with Crippen LogP contribution in [0, 0.1) is 23.7 Å². The quantitative estimate of drug-likeness (QED) is 0.0222. The summed E-state index contributed by atoms with van der Waals surface area (Å²) in [5.41, 5.74) is 0. The first kappa shape index (κ1) is 92.1. The van der Waals surface area contributed by atoms with Crippen LogP contribution in [0.15, 0.2) is 0 Å². The second kappa shape index (κ2) is 64.4. The Kier molecular flexibility index (Phi) is 63.1. The van der Waals surface area contributed by atoms with E-state index in [2.05, 4.69) is 55.4 Å². The summed E-state index contributed by atoms with van der Waals surface area (Å²) in [5.74, 6) is 0.912. The van der Waals surface area contributed by atoms with Crippen LogP contribution in [0.2, 0.25) is 0 Å². The van der Waals surface area contributed by atoms with Crippen LogP contribution in [0.3, 0.4) is 0 Å². The van der Waals surface area contributed by atoms with Gasteiger partial charge < -0.3 is 33.8 Å². The zero-order valence-electron chi connectivity index (χ0n) is 61.6. The number of carbonyl (C=O) groups excluding carboxylic acids is 4. The molecular formula is C75H146O17P2. The lowest BCUT2D eigenvalue weighted by Crippen LogP contribution is -2.30. The summed E-state index contributed by atoms with van der Waals surface area (Å²) < 4.78 is 68.5. The lowest BCUT2D eigenvalue weighted by molar-refractivity contribution is -0.161. The van der Waals surface area contributed by atoms with Crippen molar-refractivity contribution in [3.63, 3.8) is 0 Å². The molecule has 6 atom stereocenters. The summed E-state index contributed by atoms with van der Waals surface area (Å²) in [5, 5.41) is 10.6. The fourth-order valence-corrected chi connectivity index (χ4v) is 12.9. The highest BCUT2D eigenvalue weighted by molar-refractivity contribution is 7.47. The molecule has 0 aromatic rings. The predicted octanol–water partition coefficient (Wildman–Crippen LogP) is 21.7. The van der Waals surface area contributed by atoms with Gasteiger partial charge in [-0.15, -0.1) is 0 Å². The average Bonchev–Trinajstić information content (AvgIpc) is 1.06. The summed E-state index contributed by atoms with van der Waals surface area (Å²) in [6.45, 7) is 14.1. The Bertz CT molecular complexity index is 1850. The van der Waals surface area contributed by atoms with Crippen molar-refractivity contribution >= 4 is 39.5 Å². The third-order valence-electron chi connectivity index (χ3n) is 17.7. The van der Waals surface area contributed by atoms with Crippen LogP contribution in [0.1, 0.15) is 376 Å². The van der Waals surface area contributed by atoms with Crippen molar-refractivity contribution in [2.45, 2.75) is 395 Å². The smallest absolute Gasteiger partial charge is 0.462 e. The zero-order chi connectivity index (χ0) is 69.6. The summed E-state index contributed by atoms with van der Waals surface area (Å²) >= 11 is 0. The number of aliphatic hydroxyl groups is 1. The molecule has 3 N–H and O–H groups in total. The number of ether oxygens (including phenoxy) is 4. The molecule has 0 saturated carbocycles. The molecule has 0 heterocycles. The van der Waals surface area contributed by atoms with Crippen LogP contribution >= 0.6 is 15.6 Å². The zero-order valence-corrected chi connectivity index (χ0v) is 63.4. The summed E-state index contributed by atoms with van der Waals surface area (Å²) in [4.78, 5) is 72.7. The Labute approximate surface area is 575 Å². The predicted molar refractivity (Wildman–Crippen MR) is 381 cm³/mol. The first-order chi connectivity index (χ1) is 45.1. The average molecular weight is 1380 g/mol. The van der Waals surface area contributed by atoms with Crippen LogP contribution in [0.5, 0.6) is 0 Å². The highest BCUT2D eigenvalue weighted by atomic mass is 31.2. The Balaban J connectivity index is 5.22. The van der Waals surface area contributed by atoms with Gasteiger partial charge in [-0.1, -0.05) is 325 Å². The van der Waals surface area contributed by atoms with Gasteiger partial charge in [0.1, 0.15) is 19.3 Å². The van der Waals surface area contributed by atoms with E-state index in [0.29, 0.717) is 31.6 Å². The molecule has 558 valence electrons. The summed E-state index contributed by atoms with van der Waals surface area (Å²) in [7, 11) is -9.91. The van der Waals surface area contributed by atoms with Gasteiger partial charge in [-0.3, -0.25) is 37.3 Å². The first-order valence-corrected chi connectivity index (χ1v) is 41.7. The molecule has 0 spiro atoms. The van der Waals surface area contributed by atoms with Gasteiger partial charge in [0.25, 0.3) is 0 Å². The highest BCUT2D eigenvalue weighted by Crippen LogP contribution is 2.45. The molecule has 0 aliphatic carbocycles. The third kappa shape index (κ3) is 67.3. The number of hydrogen-bond acceptors (Lipinski definition) is 15. The number of aliphatic hydroxyl groups excluding tert-OH is 1. The van der Waals surface area contributed by atoms with E-state index in [9.17, 15) is 43.2 Å². The molecular weight excluding hydrogens is 1230 g/mol. The van der Waals surface area contributed by atoms with E-state index in [1.807, 2.05) is 0 Å². The van der Waals surface area contributed by atoms with Crippen molar-refractivity contribution in [1.82, 2.24) is 0 Å². The standard InChI is InChI=1S/C75H146O17P2/c1-9-68(8)54-46-38-29-25-26-30-39-47-55-72(77)85-61-70(91-74(79)58-50-42-32-24-20-16-15-18-22-28-36-44-52-66(4)5)63-89-93(81,82)87-59-69(76)60-88-94(83,84)90-64-71(62-86-73(78)56-48-40-34-33-37-45-53-67(6)7)92-75(80)57-49-41-31-23-19-14-12-10-11-13-17-21-27-35-43-51-65(2)3/h65-71,76H,9-64H2,1-8H3,(H,81,82)(H,83,84)/t68?,69?,70-,71-/m1/s1. The van der Waals surface area contributed by atoms with Crippen LogP contribution in [-0.2, 0) is 65.4 Å². The van der Waals surface area contributed by atoms with E-state index in [4.69, 9.17) is 37.0 Å². The normalized spacial score (nSPS) is 14.4. The molecule has 4 unspecified atom stereocenters. The van der Waals surface area contributed by atoms with E-state index in [1.54, 1.807) is 0 Å². The molecule has 0 radical (unpaired) electrons. The van der Waals surface area contributed by atoms with Gasteiger partial charge in [0, 0.05) is 25.7 Å². The first-order valence-electron chi connectivity index (χ1n) is 38.7. The number of rotatable bonds is 72. The lowest BCUT2D eigenvalue weighted by Gasteiger charge is -2.21. The highest BCUT2D eigenvalue weighted by Gasteiger charge is 2.30. The number of esters is 4. The van der Waals surface area contributed by atoms with E-state index in [-0.39, 0.29) is 25.7 Å². The second-order valence-corrected chi connectivity index (χ2v) is 31.6. The molecule has 0 aliphatic heterocycles. The molecule has 94 heavy (non-hydrogen) atoms. The number of carbonyl (C=O) groups is 4. The number of phosphoric ester groups is 2. The maximum atomic E-state index is 13.1. The molecule has 0 rings (SSSR count). The molecule has 0 aliphatic rings. The van der Waals surface area contributed by atoms with Gasteiger partial charge >= 0.3 is 39.5 Å². The van der Waals surface area contributed by atoms with Gasteiger partial charge in [0.2, 0.25) is 0 Å². The van der Waals surface area contributed by atoms with Gasteiger partial charge in [-0.25, -0.2) is 9.13 Å². The Hall–Kier alpha value is -1.94. The van der Waals surface area contributed by atoms with E-state index < -0.39 is 97.5 Å². The molecule has 0 saturated heterocycles. The van der Waals surface area contributed by atoms with Crippen molar-refractivity contribution in [3.8, 4) is 0 Å². The van der Waals surface area contributed by atoms with Crippen LogP contribution in [0.25, 0.3) is 0 Å². The topological polar surface area (TPSA) is 237 Å². The van der Waals surface area contributed by atoms with Crippen molar-refractivity contribution < 1.29 is 80.2 Å². The molecule has 0 aromatic heterocycles. The number of hydrogen-bond donors (Lipinski definition) is 3. The fraction of sp³-hybridized carbons (Fsp3) is 0.947. The minimum Gasteiger partial charge on any atom is -0.462 e. The van der Waals surface area contributed by atoms with E-state index >= 15 is 0 Å². The SMILES string of the molecule is CCC(C)CCCCCCCCCCC(=O)OC[C@H](COP(=O)(O)OCC(O)COP(=O)(O)OC[C@@H](COC(=O)CCCCCCCCC(C)C)OC(=O)CCCCCCCCCCCCCCCCCC(C)C)OC(=O)CCCCCCCCCCCCCCC(C)C. The molecule has 0 aromatic carbocycles. The summed E-state index contributed by atoms with van der Waals surface area (Å²) in [6.07, 6.45) is 48.7. The van der Waals surface area contributed by atoms with Crippen molar-refractivity contribution in [2.24, 2.45) is 23.7 Å². The van der Waals surface area contributed by atoms with Crippen LogP contribution < -0.4 is 0 Å². The van der Waals surface area contributed by atoms with Gasteiger partial charge in [0.15, 0.2) is 12.2 Å². The molecule has 17 nitrogen and oxygen atoms in total. The number of phosphoric acid groups is 2. The van der Waals surface area contributed by atoms with Crippen molar-refractivity contribution in [1.29, 1.82) is 0 Å². The molecule has 0 amide bonds.